The molecule has 0 aliphatic carbocycles. The molecule has 2 aromatic carbocycles. The standard InChI is InChI=1S/C29H40O4/c1-2-3-4-5-6-7-8-9-10-11-12-16-23-27(24-19-14-13-15-20-24)33-29(32)26-22-18-17-21-25(26)28(30)31/h13-15,17-22,27H,2-12,16,23H2,1H3,(H,30,31). The highest BCUT2D eigenvalue weighted by Crippen LogP contribution is 2.26. The molecule has 1 unspecified atom stereocenters. The normalized spacial score (nSPS) is 11.8. The number of aromatic carboxylic acids is 1. The molecule has 0 spiro atoms. The molecule has 0 aliphatic rings. The number of benzene rings is 2. The summed E-state index contributed by atoms with van der Waals surface area (Å²) in [6, 6.07) is 15.9. The van der Waals surface area contributed by atoms with Crippen LogP contribution in [-0.4, -0.2) is 17.0 Å². The second-order valence-corrected chi connectivity index (χ2v) is 8.83. The Labute approximate surface area is 199 Å². The molecule has 0 heterocycles. The Morgan fingerprint density at radius 2 is 1.18 bits per heavy atom. The van der Waals surface area contributed by atoms with Crippen molar-refractivity contribution in [2.75, 3.05) is 0 Å². The molecule has 1 atom stereocenters. The van der Waals surface area contributed by atoms with E-state index in [2.05, 4.69) is 6.92 Å². The van der Waals surface area contributed by atoms with Crippen molar-refractivity contribution in [1.29, 1.82) is 0 Å². The lowest BCUT2D eigenvalue weighted by Gasteiger charge is -2.19. The highest BCUT2D eigenvalue weighted by atomic mass is 16.5. The van der Waals surface area contributed by atoms with Gasteiger partial charge in [0.1, 0.15) is 6.10 Å². The van der Waals surface area contributed by atoms with Gasteiger partial charge in [-0.25, -0.2) is 9.59 Å². The molecule has 0 fully saturated rings. The van der Waals surface area contributed by atoms with Gasteiger partial charge in [-0.1, -0.05) is 120 Å². The van der Waals surface area contributed by atoms with E-state index in [0.29, 0.717) is 0 Å². The van der Waals surface area contributed by atoms with Crippen molar-refractivity contribution in [3.63, 3.8) is 0 Å². The van der Waals surface area contributed by atoms with Crippen LogP contribution in [0.5, 0.6) is 0 Å². The molecule has 33 heavy (non-hydrogen) atoms. The SMILES string of the molecule is CCCCCCCCCCCCCCC(OC(=O)c1ccccc1C(=O)O)c1ccccc1. The number of unbranched alkanes of at least 4 members (excludes halogenated alkanes) is 11. The summed E-state index contributed by atoms with van der Waals surface area (Å²) in [6.07, 6.45) is 15.7. The van der Waals surface area contributed by atoms with E-state index >= 15 is 0 Å². The molecular weight excluding hydrogens is 412 g/mol. The Morgan fingerprint density at radius 1 is 0.697 bits per heavy atom. The maximum Gasteiger partial charge on any atom is 0.339 e. The van der Waals surface area contributed by atoms with E-state index < -0.39 is 11.9 Å². The molecule has 0 bridgehead atoms. The fourth-order valence-corrected chi connectivity index (χ4v) is 4.17. The predicted octanol–water partition coefficient (Wildman–Crippen LogP) is 8.37. The average molecular weight is 453 g/mol. The zero-order chi connectivity index (χ0) is 23.7. The molecule has 180 valence electrons. The highest BCUT2D eigenvalue weighted by molar-refractivity contribution is 6.02. The second-order valence-electron chi connectivity index (χ2n) is 8.83. The molecule has 2 rings (SSSR count). The summed E-state index contributed by atoms with van der Waals surface area (Å²) >= 11 is 0. The van der Waals surface area contributed by atoms with E-state index in [-0.39, 0.29) is 17.2 Å². The Balaban J connectivity index is 1.77. The van der Waals surface area contributed by atoms with Gasteiger partial charge >= 0.3 is 11.9 Å². The van der Waals surface area contributed by atoms with Crippen LogP contribution in [0, 0.1) is 0 Å². The topological polar surface area (TPSA) is 63.6 Å². The number of hydrogen-bond acceptors (Lipinski definition) is 3. The number of hydrogen-bond donors (Lipinski definition) is 1. The summed E-state index contributed by atoms with van der Waals surface area (Å²) in [5.41, 5.74) is 1.02. The van der Waals surface area contributed by atoms with Crippen LogP contribution >= 0.6 is 0 Å². The van der Waals surface area contributed by atoms with E-state index in [1.165, 1.54) is 76.3 Å². The first-order valence-electron chi connectivity index (χ1n) is 12.7. The molecule has 0 saturated heterocycles. The van der Waals surface area contributed by atoms with E-state index in [1.807, 2.05) is 30.3 Å². The van der Waals surface area contributed by atoms with Crippen LogP contribution in [0.25, 0.3) is 0 Å². The van der Waals surface area contributed by atoms with Gasteiger partial charge in [-0.2, -0.15) is 0 Å². The van der Waals surface area contributed by atoms with Gasteiger partial charge in [0, 0.05) is 0 Å². The molecule has 1 N–H and O–H groups in total. The van der Waals surface area contributed by atoms with Crippen LogP contribution in [-0.2, 0) is 4.74 Å². The zero-order valence-corrected chi connectivity index (χ0v) is 20.1. The van der Waals surface area contributed by atoms with Gasteiger partial charge in [0.25, 0.3) is 0 Å². The third-order valence-electron chi connectivity index (χ3n) is 6.12. The van der Waals surface area contributed by atoms with Gasteiger partial charge in [-0.05, 0) is 30.5 Å². The molecular formula is C29H40O4. The van der Waals surface area contributed by atoms with Crippen molar-refractivity contribution in [3.05, 3.63) is 71.3 Å². The van der Waals surface area contributed by atoms with Crippen LogP contribution in [0.3, 0.4) is 0 Å². The van der Waals surface area contributed by atoms with Crippen LogP contribution in [0.15, 0.2) is 54.6 Å². The van der Waals surface area contributed by atoms with Gasteiger partial charge in [0.2, 0.25) is 0 Å². The molecule has 0 amide bonds. The minimum Gasteiger partial charge on any atom is -0.478 e. The third kappa shape index (κ3) is 10.2. The molecule has 0 aliphatic heterocycles. The van der Waals surface area contributed by atoms with E-state index in [9.17, 15) is 14.7 Å². The van der Waals surface area contributed by atoms with Gasteiger partial charge in [0.15, 0.2) is 0 Å². The number of carbonyl (C=O) groups is 2. The van der Waals surface area contributed by atoms with Gasteiger partial charge in [-0.3, -0.25) is 0 Å². The van der Waals surface area contributed by atoms with Crippen molar-refractivity contribution in [3.8, 4) is 0 Å². The number of ether oxygens (including phenoxy) is 1. The Hall–Kier alpha value is -2.62. The highest BCUT2D eigenvalue weighted by Gasteiger charge is 2.22. The third-order valence-corrected chi connectivity index (χ3v) is 6.12. The number of carboxylic acids is 1. The number of carboxylic acid groups (broad SMARTS) is 1. The minimum absolute atomic E-state index is 0.0281. The molecule has 4 nitrogen and oxygen atoms in total. The van der Waals surface area contributed by atoms with Crippen LogP contribution in [0.1, 0.15) is 123 Å². The van der Waals surface area contributed by atoms with Crippen LogP contribution < -0.4 is 0 Å². The maximum absolute atomic E-state index is 12.8. The minimum atomic E-state index is -1.13. The van der Waals surface area contributed by atoms with Crippen molar-refractivity contribution in [2.45, 2.75) is 96.5 Å². The van der Waals surface area contributed by atoms with Crippen LogP contribution in [0.4, 0.5) is 0 Å². The molecule has 2 aromatic rings. The summed E-state index contributed by atoms with van der Waals surface area (Å²) in [6.45, 7) is 2.25. The Morgan fingerprint density at radius 3 is 1.73 bits per heavy atom. The molecule has 0 aromatic heterocycles. The first-order chi connectivity index (χ1) is 16.1. The van der Waals surface area contributed by atoms with Crippen LogP contribution in [0.2, 0.25) is 0 Å². The first kappa shape index (κ1) is 26.6. The van der Waals surface area contributed by atoms with Crippen molar-refractivity contribution < 1.29 is 19.4 Å². The lowest BCUT2D eigenvalue weighted by atomic mass is 10.0. The Kier molecular flexibility index (Phi) is 13.0. The summed E-state index contributed by atoms with van der Waals surface area (Å²) in [5.74, 6) is -1.71. The first-order valence-corrected chi connectivity index (χ1v) is 12.7. The summed E-state index contributed by atoms with van der Waals surface area (Å²) < 4.78 is 5.81. The number of rotatable bonds is 17. The molecule has 0 saturated carbocycles. The zero-order valence-electron chi connectivity index (χ0n) is 20.1. The van der Waals surface area contributed by atoms with Crippen molar-refractivity contribution in [1.82, 2.24) is 0 Å². The average Bonchev–Trinajstić information content (AvgIpc) is 2.84. The van der Waals surface area contributed by atoms with Crippen molar-refractivity contribution >= 4 is 11.9 Å². The quantitative estimate of drug-likeness (QED) is 0.193. The largest absolute Gasteiger partial charge is 0.478 e. The van der Waals surface area contributed by atoms with E-state index in [4.69, 9.17) is 4.74 Å². The Bertz CT molecular complexity index is 815. The van der Waals surface area contributed by atoms with E-state index in [1.54, 1.807) is 12.1 Å². The van der Waals surface area contributed by atoms with E-state index in [0.717, 1.165) is 24.8 Å². The summed E-state index contributed by atoms with van der Waals surface area (Å²) in [5, 5.41) is 9.38. The molecule has 4 heteroatoms. The monoisotopic (exact) mass is 452 g/mol. The lowest BCUT2D eigenvalue weighted by molar-refractivity contribution is 0.0265. The predicted molar refractivity (Wildman–Crippen MR) is 134 cm³/mol. The summed E-state index contributed by atoms with van der Waals surface area (Å²) in [4.78, 5) is 24.3. The van der Waals surface area contributed by atoms with Gasteiger partial charge in [0.05, 0.1) is 11.1 Å². The maximum atomic E-state index is 12.8. The summed E-state index contributed by atoms with van der Waals surface area (Å²) in [7, 11) is 0. The van der Waals surface area contributed by atoms with Crippen molar-refractivity contribution in [2.24, 2.45) is 0 Å². The number of carbonyl (C=O) groups excluding carboxylic acids is 1. The van der Waals surface area contributed by atoms with Gasteiger partial charge in [-0.15, -0.1) is 0 Å². The molecule has 0 radical (unpaired) electrons. The smallest absolute Gasteiger partial charge is 0.339 e. The fourth-order valence-electron chi connectivity index (χ4n) is 4.17. The van der Waals surface area contributed by atoms with Gasteiger partial charge < -0.3 is 9.84 Å². The number of esters is 1. The second kappa shape index (κ2) is 16.1. The lowest BCUT2D eigenvalue weighted by Crippen LogP contribution is -2.15. The fraction of sp³-hybridized carbons (Fsp3) is 0.517.